The highest BCUT2D eigenvalue weighted by molar-refractivity contribution is 5.92. The van der Waals surface area contributed by atoms with Crippen LogP contribution in [-0.4, -0.2) is 25.0 Å². The van der Waals surface area contributed by atoms with Crippen LogP contribution in [0.3, 0.4) is 0 Å². The second-order valence-corrected chi connectivity index (χ2v) is 4.27. The molecule has 1 saturated carbocycles. The Labute approximate surface area is 95.4 Å². The average molecular weight is 222 g/mol. The number of rotatable bonds is 6. The second-order valence-electron chi connectivity index (χ2n) is 4.27. The lowest BCUT2D eigenvalue weighted by Crippen LogP contribution is -2.28. The number of aryl methyl sites for hydroxylation is 1. The molecule has 1 aromatic heterocycles. The molecular formula is C12H18N2O2. The predicted octanol–water partition coefficient (Wildman–Crippen LogP) is 1.46. The van der Waals surface area contributed by atoms with Gasteiger partial charge in [-0.2, -0.15) is 0 Å². The molecule has 1 fully saturated rings. The highest BCUT2D eigenvalue weighted by Crippen LogP contribution is 2.18. The molecular weight excluding hydrogens is 204 g/mol. The molecule has 0 bridgehead atoms. The smallest absolute Gasteiger partial charge is 0.287 e. The summed E-state index contributed by atoms with van der Waals surface area (Å²) in [4.78, 5) is 11.6. The maximum atomic E-state index is 11.6. The van der Waals surface area contributed by atoms with Gasteiger partial charge in [0.1, 0.15) is 0 Å². The topological polar surface area (TPSA) is 54.3 Å². The number of amides is 1. The Hall–Kier alpha value is -1.29. The van der Waals surface area contributed by atoms with Gasteiger partial charge in [-0.15, -0.1) is 0 Å². The number of carbonyl (C=O) groups excluding carboxylic acids is 1. The van der Waals surface area contributed by atoms with Crippen molar-refractivity contribution in [2.24, 2.45) is 0 Å². The van der Waals surface area contributed by atoms with Crippen molar-refractivity contribution in [3.63, 3.8) is 0 Å². The van der Waals surface area contributed by atoms with E-state index in [2.05, 4.69) is 10.6 Å². The summed E-state index contributed by atoms with van der Waals surface area (Å²) in [6.07, 6.45) is 5.11. The van der Waals surface area contributed by atoms with E-state index >= 15 is 0 Å². The Morgan fingerprint density at radius 1 is 1.50 bits per heavy atom. The van der Waals surface area contributed by atoms with Crippen LogP contribution in [0.15, 0.2) is 16.7 Å². The van der Waals surface area contributed by atoms with E-state index in [1.807, 2.05) is 6.92 Å². The average Bonchev–Trinajstić information content (AvgIpc) is 2.99. The van der Waals surface area contributed by atoms with Crippen LogP contribution < -0.4 is 10.6 Å². The van der Waals surface area contributed by atoms with Gasteiger partial charge in [-0.25, -0.2) is 0 Å². The molecule has 1 aliphatic rings. The Bertz CT molecular complexity index is 356. The van der Waals surface area contributed by atoms with Gasteiger partial charge in [-0.1, -0.05) is 0 Å². The quantitative estimate of drug-likeness (QED) is 0.716. The molecule has 0 saturated heterocycles. The van der Waals surface area contributed by atoms with Crippen molar-refractivity contribution >= 4 is 5.91 Å². The van der Waals surface area contributed by atoms with Crippen LogP contribution >= 0.6 is 0 Å². The van der Waals surface area contributed by atoms with Gasteiger partial charge in [-0.05, 0) is 38.8 Å². The highest BCUT2D eigenvalue weighted by Gasteiger charge is 2.19. The number of nitrogens with one attached hydrogen (secondary N) is 2. The molecule has 2 N–H and O–H groups in total. The molecule has 0 atom stereocenters. The van der Waals surface area contributed by atoms with E-state index in [9.17, 15) is 4.79 Å². The summed E-state index contributed by atoms with van der Waals surface area (Å²) in [5, 5.41) is 6.25. The van der Waals surface area contributed by atoms with Crippen LogP contribution in [0, 0.1) is 6.92 Å². The summed E-state index contributed by atoms with van der Waals surface area (Å²) < 4.78 is 5.10. The van der Waals surface area contributed by atoms with Crippen molar-refractivity contribution in [1.82, 2.24) is 10.6 Å². The molecule has 2 rings (SSSR count). The number of hydrogen-bond donors (Lipinski definition) is 2. The van der Waals surface area contributed by atoms with Crippen molar-refractivity contribution < 1.29 is 9.21 Å². The zero-order valence-electron chi connectivity index (χ0n) is 9.58. The fourth-order valence-corrected chi connectivity index (χ4v) is 1.57. The van der Waals surface area contributed by atoms with Gasteiger partial charge in [0, 0.05) is 18.2 Å². The van der Waals surface area contributed by atoms with Crippen LogP contribution in [0.1, 0.15) is 35.4 Å². The van der Waals surface area contributed by atoms with Gasteiger partial charge in [0.2, 0.25) is 0 Å². The van der Waals surface area contributed by atoms with Crippen LogP contribution in [-0.2, 0) is 0 Å². The minimum absolute atomic E-state index is 0.117. The minimum Gasteiger partial charge on any atom is -0.459 e. The highest BCUT2D eigenvalue weighted by atomic mass is 16.3. The molecule has 1 heterocycles. The van der Waals surface area contributed by atoms with Gasteiger partial charge < -0.3 is 15.1 Å². The zero-order valence-corrected chi connectivity index (χ0v) is 9.58. The van der Waals surface area contributed by atoms with Crippen LogP contribution in [0.25, 0.3) is 0 Å². The molecule has 1 aliphatic carbocycles. The van der Waals surface area contributed by atoms with E-state index in [0.717, 1.165) is 24.6 Å². The first kappa shape index (κ1) is 11.2. The van der Waals surface area contributed by atoms with Gasteiger partial charge in [-0.3, -0.25) is 4.79 Å². The first-order valence-corrected chi connectivity index (χ1v) is 5.83. The van der Waals surface area contributed by atoms with Gasteiger partial charge in [0.15, 0.2) is 5.76 Å². The summed E-state index contributed by atoms with van der Waals surface area (Å²) >= 11 is 0. The molecule has 0 unspecified atom stereocenters. The summed E-state index contributed by atoms with van der Waals surface area (Å²) in [5.74, 6) is 0.309. The third-order valence-electron chi connectivity index (χ3n) is 2.72. The summed E-state index contributed by atoms with van der Waals surface area (Å²) in [6, 6.07) is 2.53. The normalized spacial score (nSPS) is 15.1. The Morgan fingerprint density at radius 3 is 2.94 bits per heavy atom. The SMILES string of the molecule is Cc1ccoc1C(=O)NCCCNC1CC1. The molecule has 16 heavy (non-hydrogen) atoms. The molecule has 4 nitrogen and oxygen atoms in total. The largest absolute Gasteiger partial charge is 0.459 e. The molecule has 0 spiro atoms. The molecule has 0 aromatic carbocycles. The number of hydrogen-bond acceptors (Lipinski definition) is 3. The van der Waals surface area contributed by atoms with Gasteiger partial charge in [0.05, 0.1) is 6.26 Å². The second kappa shape index (κ2) is 5.16. The van der Waals surface area contributed by atoms with E-state index in [-0.39, 0.29) is 5.91 Å². The molecule has 88 valence electrons. The van der Waals surface area contributed by atoms with E-state index in [0.29, 0.717) is 12.3 Å². The van der Waals surface area contributed by atoms with Crippen molar-refractivity contribution in [3.05, 3.63) is 23.7 Å². The molecule has 1 amide bonds. The van der Waals surface area contributed by atoms with E-state index in [1.54, 1.807) is 12.3 Å². The summed E-state index contributed by atoms with van der Waals surface area (Å²) in [7, 11) is 0. The molecule has 0 aliphatic heterocycles. The number of furan rings is 1. The van der Waals surface area contributed by atoms with Crippen molar-refractivity contribution in [1.29, 1.82) is 0 Å². The molecule has 0 radical (unpaired) electrons. The fourth-order valence-electron chi connectivity index (χ4n) is 1.57. The molecule has 1 aromatic rings. The Morgan fingerprint density at radius 2 is 2.31 bits per heavy atom. The van der Waals surface area contributed by atoms with E-state index in [1.165, 1.54) is 12.8 Å². The van der Waals surface area contributed by atoms with Crippen molar-refractivity contribution in [2.75, 3.05) is 13.1 Å². The van der Waals surface area contributed by atoms with Crippen LogP contribution in [0.5, 0.6) is 0 Å². The third kappa shape index (κ3) is 3.10. The summed E-state index contributed by atoms with van der Waals surface area (Å²) in [6.45, 7) is 3.54. The Kier molecular flexibility index (Phi) is 3.62. The zero-order chi connectivity index (χ0) is 11.4. The maximum Gasteiger partial charge on any atom is 0.287 e. The van der Waals surface area contributed by atoms with Crippen LogP contribution in [0.2, 0.25) is 0 Å². The fraction of sp³-hybridized carbons (Fsp3) is 0.583. The third-order valence-corrected chi connectivity index (χ3v) is 2.72. The van der Waals surface area contributed by atoms with E-state index in [4.69, 9.17) is 4.42 Å². The lowest BCUT2D eigenvalue weighted by Gasteiger charge is -2.04. The minimum atomic E-state index is -0.117. The summed E-state index contributed by atoms with van der Waals surface area (Å²) in [5.41, 5.74) is 0.883. The predicted molar refractivity (Wildman–Crippen MR) is 61.4 cm³/mol. The standard InChI is InChI=1S/C12H18N2O2/c1-9-5-8-16-11(9)12(15)14-7-2-6-13-10-3-4-10/h5,8,10,13H,2-4,6-7H2,1H3,(H,14,15). The first-order chi connectivity index (χ1) is 7.77. The lowest BCUT2D eigenvalue weighted by atomic mass is 10.2. The van der Waals surface area contributed by atoms with Crippen molar-refractivity contribution in [2.45, 2.75) is 32.2 Å². The lowest BCUT2D eigenvalue weighted by molar-refractivity contribution is 0.0924. The van der Waals surface area contributed by atoms with Gasteiger partial charge in [0.25, 0.3) is 5.91 Å². The monoisotopic (exact) mass is 222 g/mol. The van der Waals surface area contributed by atoms with Crippen LogP contribution in [0.4, 0.5) is 0 Å². The van der Waals surface area contributed by atoms with Crippen molar-refractivity contribution in [3.8, 4) is 0 Å². The van der Waals surface area contributed by atoms with E-state index < -0.39 is 0 Å². The Balaban J connectivity index is 1.61. The molecule has 4 heteroatoms. The number of carbonyl (C=O) groups is 1. The first-order valence-electron chi connectivity index (χ1n) is 5.83. The van der Waals surface area contributed by atoms with Gasteiger partial charge >= 0.3 is 0 Å². The maximum absolute atomic E-state index is 11.6.